The SMILES string of the molecule is CC1NC(=O)C(C)N(Cc2cncc(Br)c2)C1=O. The summed E-state index contributed by atoms with van der Waals surface area (Å²) in [5, 5.41) is 2.65. The second-order valence-corrected chi connectivity index (χ2v) is 5.30. The Balaban J connectivity index is 2.20. The van der Waals surface area contributed by atoms with Gasteiger partial charge >= 0.3 is 0 Å². The molecule has 0 saturated carbocycles. The molecule has 2 heterocycles. The van der Waals surface area contributed by atoms with Crippen LogP contribution in [0.2, 0.25) is 0 Å². The average molecular weight is 312 g/mol. The molecule has 1 aromatic heterocycles. The van der Waals surface area contributed by atoms with E-state index in [2.05, 4.69) is 26.2 Å². The fraction of sp³-hybridized carbons (Fsp3) is 0.417. The van der Waals surface area contributed by atoms with Gasteiger partial charge in [-0.3, -0.25) is 14.6 Å². The maximum absolute atomic E-state index is 12.0. The van der Waals surface area contributed by atoms with Crippen LogP contribution in [0.25, 0.3) is 0 Å². The maximum atomic E-state index is 12.0. The molecule has 0 aromatic carbocycles. The monoisotopic (exact) mass is 311 g/mol. The molecule has 0 aliphatic carbocycles. The van der Waals surface area contributed by atoms with E-state index in [0.717, 1.165) is 10.0 Å². The summed E-state index contributed by atoms with van der Waals surface area (Å²) in [5.41, 5.74) is 0.895. The van der Waals surface area contributed by atoms with Gasteiger partial charge in [0.15, 0.2) is 0 Å². The van der Waals surface area contributed by atoms with Crippen molar-refractivity contribution >= 4 is 27.7 Å². The van der Waals surface area contributed by atoms with Gasteiger partial charge < -0.3 is 10.2 Å². The minimum absolute atomic E-state index is 0.0675. The van der Waals surface area contributed by atoms with Crippen LogP contribution in [0.5, 0.6) is 0 Å². The Morgan fingerprint density at radius 1 is 1.39 bits per heavy atom. The third-order valence-corrected chi connectivity index (χ3v) is 3.41. The molecule has 1 fully saturated rings. The molecule has 5 nitrogen and oxygen atoms in total. The molecule has 96 valence electrons. The van der Waals surface area contributed by atoms with Gasteiger partial charge in [-0.2, -0.15) is 0 Å². The standard InChI is InChI=1S/C12H14BrN3O2/c1-7-12(18)16(8(2)11(17)15-7)6-9-3-10(13)5-14-4-9/h3-5,7-8H,6H2,1-2H3,(H,15,17). The molecule has 1 aliphatic rings. The lowest BCUT2D eigenvalue weighted by molar-refractivity contribution is -0.148. The van der Waals surface area contributed by atoms with Crippen molar-refractivity contribution in [2.24, 2.45) is 0 Å². The Hall–Kier alpha value is -1.43. The number of aromatic nitrogens is 1. The van der Waals surface area contributed by atoms with E-state index in [4.69, 9.17) is 0 Å². The zero-order valence-corrected chi connectivity index (χ0v) is 11.8. The minimum Gasteiger partial charge on any atom is -0.343 e. The molecule has 6 heteroatoms. The molecule has 2 rings (SSSR count). The van der Waals surface area contributed by atoms with Crippen molar-refractivity contribution in [3.8, 4) is 0 Å². The summed E-state index contributed by atoms with van der Waals surface area (Å²) in [7, 11) is 0. The number of nitrogens with zero attached hydrogens (tertiary/aromatic N) is 2. The number of halogens is 1. The molecule has 1 saturated heterocycles. The predicted molar refractivity (Wildman–Crippen MR) is 69.6 cm³/mol. The molecule has 1 N–H and O–H groups in total. The van der Waals surface area contributed by atoms with Gasteiger partial charge in [0.2, 0.25) is 11.8 Å². The highest BCUT2D eigenvalue weighted by Gasteiger charge is 2.35. The van der Waals surface area contributed by atoms with Crippen LogP contribution in [-0.2, 0) is 16.1 Å². The normalized spacial score (nSPS) is 24.1. The summed E-state index contributed by atoms with van der Waals surface area (Å²) in [6.07, 6.45) is 3.38. The van der Waals surface area contributed by atoms with Gasteiger partial charge in [0.1, 0.15) is 12.1 Å². The van der Waals surface area contributed by atoms with Crippen LogP contribution < -0.4 is 5.32 Å². The fourth-order valence-corrected chi connectivity index (χ4v) is 2.34. The molecule has 2 atom stereocenters. The lowest BCUT2D eigenvalue weighted by atomic mass is 10.1. The van der Waals surface area contributed by atoms with Crippen molar-refractivity contribution in [1.82, 2.24) is 15.2 Å². The first-order chi connectivity index (χ1) is 8.49. The van der Waals surface area contributed by atoms with Crippen LogP contribution in [0.4, 0.5) is 0 Å². The van der Waals surface area contributed by atoms with Crippen molar-refractivity contribution in [2.45, 2.75) is 32.5 Å². The summed E-state index contributed by atoms with van der Waals surface area (Å²) in [5.74, 6) is -0.188. The highest BCUT2D eigenvalue weighted by molar-refractivity contribution is 9.10. The molecule has 0 radical (unpaired) electrons. The largest absolute Gasteiger partial charge is 0.343 e. The van der Waals surface area contributed by atoms with Gasteiger partial charge in [-0.05, 0) is 41.4 Å². The van der Waals surface area contributed by atoms with Crippen LogP contribution >= 0.6 is 15.9 Å². The van der Waals surface area contributed by atoms with E-state index in [1.165, 1.54) is 0 Å². The summed E-state index contributed by atoms with van der Waals surface area (Å²) >= 11 is 3.34. The Kier molecular flexibility index (Phi) is 3.65. The Bertz CT molecular complexity index is 492. The average Bonchev–Trinajstić information content (AvgIpc) is 2.32. The number of piperazine rings is 1. The van der Waals surface area contributed by atoms with E-state index in [9.17, 15) is 9.59 Å². The summed E-state index contributed by atoms with van der Waals surface area (Å²) in [4.78, 5) is 29.4. The van der Waals surface area contributed by atoms with Gasteiger partial charge in [-0.1, -0.05) is 0 Å². The first-order valence-electron chi connectivity index (χ1n) is 5.69. The number of rotatable bonds is 2. The van der Waals surface area contributed by atoms with Crippen LogP contribution in [0, 0.1) is 0 Å². The molecular formula is C12H14BrN3O2. The molecule has 18 heavy (non-hydrogen) atoms. The number of pyridine rings is 1. The third kappa shape index (κ3) is 2.53. The van der Waals surface area contributed by atoms with Gasteiger partial charge in [0, 0.05) is 23.4 Å². The zero-order chi connectivity index (χ0) is 13.3. The van der Waals surface area contributed by atoms with Crippen LogP contribution in [0.3, 0.4) is 0 Å². The Morgan fingerprint density at radius 3 is 2.78 bits per heavy atom. The van der Waals surface area contributed by atoms with E-state index in [-0.39, 0.29) is 11.8 Å². The second-order valence-electron chi connectivity index (χ2n) is 4.38. The van der Waals surface area contributed by atoms with E-state index >= 15 is 0 Å². The van der Waals surface area contributed by atoms with Crippen LogP contribution in [0.15, 0.2) is 22.9 Å². The van der Waals surface area contributed by atoms with Crippen molar-refractivity contribution in [1.29, 1.82) is 0 Å². The van der Waals surface area contributed by atoms with Crippen LogP contribution in [-0.4, -0.2) is 33.8 Å². The molecule has 1 aromatic rings. The first-order valence-corrected chi connectivity index (χ1v) is 6.48. The minimum atomic E-state index is -0.464. The molecule has 0 bridgehead atoms. The number of nitrogens with one attached hydrogen (secondary N) is 1. The summed E-state index contributed by atoms with van der Waals surface area (Å²) < 4.78 is 0.856. The number of hydrogen-bond acceptors (Lipinski definition) is 3. The van der Waals surface area contributed by atoms with Gasteiger partial charge in [-0.15, -0.1) is 0 Å². The first kappa shape index (κ1) is 13.0. The van der Waals surface area contributed by atoms with Gasteiger partial charge in [0.05, 0.1) is 0 Å². The molecule has 2 unspecified atom stereocenters. The third-order valence-electron chi connectivity index (χ3n) is 2.97. The highest BCUT2D eigenvalue weighted by Crippen LogP contribution is 2.16. The number of carbonyl (C=O) groups is 2. The smallest absolute Gasteiger partial charge is 0.245 e. The lowest BCUT2D eigenvalue weighted by Crippen LogP contribution is -2.60. The quantitative estimate of drug-likeness (QED) is 0.889. The van der Waals surface area contributed by atoms with Gasteiger partial charge in [0.25, 0.3) is 0 Å². The van der Waals surface area contributed by atoms with E-state index in [1.54, 1.807) is 31.1 Å². The summed E-state index contributed by atoms with van der Waals surface area (Å²) in [6, 6.07) is 0.978. The van der Waals surface area contributed by atoms with E-state index in [0.29, 0.717) is 6.54 Å². The molecular weight excluding hydrogens is 298 g/mol. The van der Waals surface area contributed by atoms with E-state index < -0.39 is 12.1 Å². The topological polar surface area (TPSA) is 62.3 Å². The fourth-order valence-electron chi connectivity index (χ4n) is 1.93. The number of amides is 2. The van der Waals surface area contributed by atoms with Gasteiger partial charge in [-0.25, -0.2) is 0 Å². The van der Waals surface area contributed by atoms with Crippen molar-refractivity contribution in [3.63, 3.8) is 0 Å². The summed E-state index contributed by atoms with van der Waals surface area (Å²) in [6.45, 7) is 3.81. The van der Waals surface area contributed by atoms with Crippen molar-refractivity contribution in [3.05, 3.63) is 28.5 Å². The zero-order valence-electron chi connectivity index (χ0n) is 10.2. The Morgan fingerprint density at radius 2 is 2.11 bits per heavy atom. The number of hydrogen-bond donors (Lipinski definition) is 1. The maximum Gasteiger partial charge on any atom is 0.245 e. The molecule has 0 spiro atoms. The predicted octanol–water partition coefficient (Wildman–Crippen LogP) is 1.08. The van der Waals surface area contributed by atoms with Crippen molar-refractivity contribution in [2.75, 3.05) is 0 Å². The molecule has 1 aliphatic heterocycles. The highest BCUT2D eigenvalue weighted by atomic mass is 79.9. The van der Waals surface area contributed by atoms with E-state index in [1.807, 2.05) is 6.07 Å². The van der Waals surface area contributed by atoms with Crippen molar-refractivity contribution < 1.29 is 9.59 Å². The number of carbonyl (C=O) groups excluding carboxylic acids is 2. The second kappa shape index (κ2) is 5.06. The Labute approximate surface area is 114 Å². The van der Waals surface area contributed by atoms with Crippen LogP contribution in [0.1, 0.15) is 19.4 Å². The lowest BCUT2D eigenvalue weighted by Gasteiger charge is -2.36. The molecule has 2 amide bonds.